The number of methoxy groups -OCH3 is 1. The average Bonchev–Trinajstić information content (AvgIpc) is 3.18. The first-order valence-electron chi connectivity index (χ1n) is 9.07. The number of ether oxygens (including phenoxy) is 1. The van der Waals surface area contributed by atoms with Gasteiger partial charge in [-0.2, -0.15) is 0 Å². The molecule has 140 valence electrons. The minimum absolute atomic E-state index is 0.102. The minimum atomic E-state index is -0.282. The number of carbonyl (C=O) groups is 1. The van der Waals surface area contributed by atoms with Gasteiger partial charge in [0.05, 0.1) is 18.8 Å². The van der Waals surface area contributed by atoms with Crippen LogP contribution in [0.15, 0.2) is 79.0 Å². The van der Waals surface area contributed by atoms with E-state index in [0.717, 1.165) is 27.9 Å². The number of aromatic nitrogens is 2. The van der Waals surface area contributed by atoms with Crippen LogP contribution in [0.4, 0.5) is 0 Å². The predicted octanol–water partition coefficient (Wildman–Crippen LogP) is 4.43. The lowest BCUT2D eigenvalue weighted by atomic mass is 10.0. The van der Waals surface area contributed by atoms with Crippen LogP contribution < -0.4 is 4.74 Å². The number of H-pyrrole nitrogens is 1. The molecule has 2 heterocycles. The highest BCUT2D eigenvalue weighted by atomic mass is 16.5. The van der Waals surface area contributed by atoms with Gasteiger partial charge in [-0.25, -0.2) is 0 Å². The van der Waals surface area contributed by atoms with Gasteiger partial charge in [0, 0.05) is 30.2 Å². The molecule has 5 nitrogen and oxygen atoms in total. The molecule has 1 N–H and O–H groups in total. The molecule has 0 fully saturated rings. The van der Waals surface area contributed by atoms with Crippen LogP contribution >= 0.6 is 0 Å². The van der Waals surface area contributed by atoms with Gasteiger partial charge < -0.3 is 14.6 Å². The fourth-order valence-corrected chi connectivity index (χ4v) is 3.42. The van der Waals surface area contributed by atoms with Crippen molar-refractivity contribution < 1.29 is 9.53 Å². The quantitative estimate of drug-likeness (QED) is 0.564. The second kappa shape index (κ2) is 7.56. The molecule has 0 saturated heterocycles. The van der Waals surface area contributed by atoms with Crippen molar-refractivity contribution in [1.29, 1.82) is 0 Å². The van der Waals surface area contributed by atoms with Gasteiger partial charge >= 0.3 is 0 Å². The van der Waals surface area contributed by atoms with E-state index in [2.05, 4.69) is 9.97 Å². The number of nitrogens with one attached hydrogen (secondary N) is 1. The molecule has 4 rings (SSSR count). The highest BCUT2D eigenvalue weighted by molar-refractivity contribution is 5.98. The van der Waals surface area contributed by atoms with E-state index in [0.29, 0.717) is 5.69 Å². The van der Waals surface area contributed by atoms with Crippen molar-refractivity contribution in [3.05, 3.63) is 95.9 Å². The van der Waals surface area contributed by atoms with Gasteiger partial charge in [0.25, 0.3) is 5.91 Å². The Bertz CT molecular complexity index is 1050. The van der Waals surface area contributed by atoms with Crippen LogP contribution in [0.3, 0.4) is 0 Å². The fraction of sp³-hybridized carbons (Fsp3) is 0.130. The van der Waals surface area contributed by atoms with Gasteiger partial charge in [0.15, 0.2) is 0 Å². The second-order valence-corrected chi connectivity index (χ2v) is 6.62. The van der Waals surface area contributed by atoms with E-state index in [1.807, 2.05) is 72.8 Å². The third-order valence-electron chi connectivity index (χ3n) is 4.85. The lowest BCUT2D eigenvalue weighted by molar-refractivity contribution is 0.0747. The number of aromatic amines is 1. The lowest BCUT2D eigenvalue weighted by Crippen LogP contribution is -2.32. The van der Waals surface area contributed by atoms with Crippen LogP contribution in [0.5, 0.6) is 5.75 Å². The van der Waals surface area contributed by atoms with E-state index in [1.54, 1.807) is 25.3 Å². The molecule has 28 heavy (non-hydrogen) atoms. The molecule has 0 saturated carbocycles. The highest BCUT2D eigenvalue weighted by Gasteiger charge is 2.26. The molecule has 0 spiro atoms. The summed E-state index contributed by atoms with van der Waals surface area (Å²) >= 11 is 0. The summed E-state index contributed by atoms with van der Waals surface area (Å²) in [5, 5.41) is 0.964. The van der Waals surface area contributed by atoms with Crippen LogP contribution in [0.25, 0.3) is 10.9 Å². The fourth-order valence-electron chi connectivity index (χ4n) is 3.42. The molecule has 2 aromatic heterocycles. The van der Waals surface area contributed by atoms with Gasteiger partial charge in [-0.1, -0.05) is 36.4 Å². The Morgan fingerprint density at radius 1 is 1.04 bits per heavy atom. The third-order valence-corrected chi connectivity index (χ3v) is 4.85. The van der Waals surface area contributed by atoms with Gasteiger partial charge in [-0.15, -0.1) is 0 Å². The van der Waals surface area contributed by atoms with Gasteiger partial charge in [-0.05, 0) is 35.9 Å². The van der Waals surface area contributed by atoms with Crippen molar-refractivity contribution >= 4 is 16.8 Å². The summed E-state index contributed by atoms with van der Waals surface area (Å²) in [6, 6.07) is 23.0. The minimum Gasteiger partial charge on any atom is -0.497 e. The van der Waals surface area contributed by atoms with Crippen molar-refractivity contribution in [3.63, 3.8) is 0 Å². The number of nitrogens with zero attached hydrogens (tertiary/aromatic N) is 2. The first-order chi connectivity index (χ1) is 13.7. The molecular weight excluding hydrogens is 350 g/mol. The number of hydrogen-bond donors (Lipinski definition) is 1. The molecule has 0 bridgehead atoms. The topological polar surface area (TPSA) is 58.2 Å². The lowest BCUT2D eigenvalue weighted by Gasteiger charge is -2.28. The maximum atomic E-state index is 13.3. The van der Waals surface area contributed by atoms with E-state index < -0.39 is 0 Å². The maximum absolute atomic E-state index is 13.3. The molecule has 0 radical (unpaired) electrons. The van der Waals surface area contributed by atoms with E-state index in [-0.39, 0.29) is 11.9 Å². The Balaban J connectivity index is 1.72. The van der Waals surface area contributed by atoms with E-state index in [4.69, 9.17) is 4.74 Å². The first-order valence-corrected chi connectivity index (χ1v) is 9.07. The molecule has 2 aromatic carbocycles. The highest BCUT2D eigenvalue weighted by Crippen LogP contribution is 2.28. The molecule has 0 aliphatic carbocycles. The SMILES string of the molecule is COc1ccc2cc(C(=O)N(C)C(c3ccccc3)c3ccccn3)[nH]c2c1. The Morgan fingerprint density at radius 3 is 2.54 bits per heavy atom. The average molecular weight is 371 g/mol. The van der Waals surface area contributed by atoms with Crippen molar-refractivity contribution in [1.82, 2.24) is 14.9 Å². The summed E-state index contributed by atoms with van der Waals surface area (Å²) in [4.78, 5) is 22.7. The van der Waals surface area contributed by atoms with Gasteiger partial charge in [0.1, 0.15) is 11.4 Å². The molecule has 4 aromatic rings. The Kier molecular flexibility index (Phi) is 4.81. The summed E-state index contributed by atoms with van der Waals surface area (Å²) < 4.78 is 5.27. The second-order valence-electron chi connectivity index (χ2n) is 6.62. The van der Waals surface area contributed by atoms with Crippen LogP contribution in [-0.4, -0.2) is 34.9 Å². The summed E-state index contributed by atoms with van der Waals surface area (Å²) in [5.41, 5.74) is 3.23. The summed E-state index contributed by atoms with van der Waals surface area (Å²) in [6.07, 6.45) is 1.75. The molecule has 1 amide bonds. The molecule has 0 aliphatic heterocycles. The number of fused-ring (bicyclic) bond motifs is 1. The molecule has 1 unspecified atom stereocenters. The number of benzene rings is 2. The summed E-state index contributed by atoms with van der Waals surface area (Å²) in [5.74, 6) is 0.645. The van der Waals surface area contributed by atoms with Crippen molar-refractivity contribution in [2.24, 2.45) is 0 Å². The molecule has 0 aliphatic rings. The van der Waals surface area contributed by atoms with Gasteiger partial charge in [-0.3, -0.25) is 9.78 Å². The van der Waals surface area contributed by atoms with Crippen molar-refractivity contribution in [2.45, 2.75) is 6.04 Å². The zero-order chi connectivity index (χ0) is 19.5. The zero-order valence-corrected chi connectivity index (χ0v) is 15.8. The Hall–Kier alpha value is -3.60. The first kappa shape index (κ1) is 17.8. The summed E-state index contributed by atoms with van der Waals surface area (Å²) in [7, 11) is 3.43. The van der Waals surface area contributed by atoms with Gasteiger partial charge in [0.2, 0.25) is 0 Å². The van der Waals surface area contributed by atoms with Crippen LogP contribution in [0, 0.1) is 0 Å². The smallest absolute Gasteiger partial charge is 0.270 e. The number of pyridine rings is 1. The Labute approximate surface area is 163 Å². The van der Waals surface area contributed by atoms with E-state index in [1.165, 1.54) is 0 Å². The number of rotatable bonds is 5. The summed E-state index contributed by atoms with van der Waals surface area (Å²) in [6.45, 7) is 0. The van der Waals surface area contributed by atoms with Crippen molar-refractivity contribution in [2.75, 3.05) is 14.2 Å². The predicted molar refractivity (Wildman–Crippen MR) is 109 cm³/mol. The number of carbonyl (C=O) groups excluding carboxylic acids is 1. The standard InChI is InChI=1S/C23H21N3O2/c1-26(22(16-8-4-3-5-9-16)19-10-6-7-13-24-19)23(27)21-14-17-11-12-18(28-2)15-20(17)25-21/h3-15,22,25H,1-2H3. The van der Waals surface area contributed by atoms with E-state index >= 15 is 0 Å². The number of hydrogen-bond acceptors (Lipinski definition) is 3. The Morgan fingerprint density at radius 2 is 1.82 bits per heavy atom. The normalized spacial score (nSPS) is 11.9. The van der Waals surface area contributed by atoms with Crippen LogP contribution in [0.2, 0.25) is 0 Å². The van der Waals surface area contributed by atoms with Crippen molar-refractivity contribution in [3.8, 4) is 5.75 Å². The monoisotopic (exact) mass is 371 g/mol. The molecular formula is C23H21N3O2. The largest absolute Gasteiger partial charge is 0.497 e. The van der Waals surface area contributed by atoms with Crippen LogP contribution in [0.1, 0.15) is 27.8 Å². The maximum Gasteiger partial charge on any atom is 0.270 e. The zero-order valence-electron chi connectivity index (χ0n) is 15.8. The molecule has 5 heteroatoms. The number of amides is 1. The van der Waals surface area contributed by atoms with E-state index in [9.17, 15) is 4.79 Å². The van der Waals surface area contributed by atoms with Crippen LogP contribution in [-0.2, 0) is 0 Å². The molecule has 1 atom stereocenters. The third kappa shape index (κ3) is 3.34.